The molecule has 1 aliphatic rings. The van der Waals surface area contributed by atoms with E-state index in [9.17, 15) is 13.2 Å². The summed E-state index contributed by atoms with van der Waals surface area (Å²) < 4.78 is 41.8. The molecular formula is C16H22F3NO. The van der Waals surface area contributed by atoms with Gasteiger partial charge in [-0.25, -0.2) is 0 Å². The molecule has 0 amide bonds. The number of para-hydroxylation sites is 2. The molecule has 2 atom stereocenters. The molecule has 1 fully saturated rings. The molecular weight excluding hydrogens is 279 g/mol. The molecule has 1 aliphatic carbocycles. The Kier molecular flexibility index (Phi) is 5.01. The minimum absolute atomic E-state index is 0.265. The Labute approximate surface area is 123 Å². The van der Waals surface area contributed by atoms with E-state index in [2.05, 4.69) is 19.2 Å². The second-order valence-corrected chi connectivity index (χ2v) is 6.16. The maximum atomic E-state index is 12.3. The summed E-state index contributed by atoms with van der Waals surface area (Å²) in [5.74, 6) is 1.53. The molecule has 0 spiro atoms. The molecule has 1 aromatic rings. The number of halogens is 3. The minimum atomic E-state index is -4.32. The van der Waals surface area contributed by atoms with Crippen LogP contribution in [0.3, 0.4) is 0 Å². The van der Waals surface area contributed by atoms with E-state index in [1.807, 2.05) is 0 Å². The van der Waals surface area contributed by atoms with Gasteiger partial charge in [-0.05, 0) is 43.2 Å². The average molecular weight is 301 g/mol. The number of hydrogen-bond acceptors (Lipinski definition) is 2. The monoisotopic (exact) mass is 301 g/mol. The van der Waals surface area contributed by atoms with Crippen LogP contribution in [-0.2, 0) is 0 Å². The van der Waals surface area contributed by atoms with Gasteiger partial charge in [0.1, 0.15) is 5.75 Å². The summed E-state index contributed by atoms with van der Waals surface area (Å²) in [5, 5.41) is 3.35. The molecule has 0 radical (unpaired) electrons. The number of benzene rings is 1. The van der Waals surface area contributed by atoms with Crippen LogP contribution in [0.5, 0.6) is 5.75 Å². The van der Waals surface area contributed by atoms with Crippen molar-refractivity contribution in [2.45, 2.75) is 45.3 Å². The number of hydrogen-bond donors (Lipinski definition) is 1. The molecule has 5 heteroatoms. The normalized spacial score (nSPS) is 26.4. The Morgan fingerprint density at radius 1 is 1.10 bits per heavy atom. The van der Waals surface area contributed by atoms with E-state index in [-0.39, 0.29) is 5.75 Å². The van der Waals surface area contributed by atoms with Gasteiger partial charge in [-0.2, -0.15) is 13.2 Å². The first-order valence-electron chi connectivity index (χ1n) is 7.38. The lowest BCUT2D eigenvalue weighted by molar-refractivity contribution is -0.153. The predicted octanol–water partition coefficient (Wildman–Crippen LogP) is 4.86. The second kappa shape index (κ2) is 6.58. The fourth-order valence-corrected chi connectivity index (χ4v) is 3.16. The number of alkyl halides is 3. The molecule has 2 unspecified atom stereocenters. The van der Waals surface area contributed by atoms with E-state index in [1.54, 1.807) is 24.3 Å². The Balaban J connectivity index is 2.02. The lowest BCUT2D eigenvalue weighted by Gasteiger charge is -2.33. The topological polar surface area (TPSA) is 21.3 Å². The van der Waals surface area contributed by atoms with E-state index in [0.717, 1.165) is 12.8 Å². The van der Waals surface area contributed by atoms with Crippen molar-refractivity contribution in [2.75, 3.05) is 11.9 Å². The lowest BCUT2D eigenvalue weighted by Crippen LogP contribution is -2.30. The zero-order valence-electron chi connectivity index (χ0n) is 12.4. The summed E-state index contributed by atoms with van der Waals surface area (Å²) >= 11 is 0. The van der Waals surface area contributed by atoms with Crippen molar-refractivity contribution < 1.29 is 17.9 Å². The molecule has 1 saturated carbocycles. The van der Waals surface area contributed by atoms with Crippen LogP contribution in [0.4, 0.5) is 18.9 Å². The number of ether oxygens (including phenoxy) is 1. The third-order valence-electron chi connectivity index (χ3n) is 3.82. The van der Waals surface area contributed by atoms with E-state index in [1.165, 1.54) is 6.42 Å². The van der Waals surface area contributed by atoms with Gasteiger partial charge in [-0.15, -0.1) is 0 Å². The fourth-order valence-electron chi connectivity index (χ4n) is 3.16. The average Bonchev–Trinajstić information content (AvgIpc) is 2.35. The standard InChI is InChI=1S/C16H22F3NO/c1-11-7-12(2)9-13(8-11)20-14-5-3-4-6-15(14)21-10-16(17,18)19/h3-6,11-13,20H,7-10H2,1-2H3. The van der Waals surface area contributed by atoms with Crippen LogP contribution in [0.2, 0.25) is 0 Å². The Bertz CT molecular complexity index is 451. The fraction of sp³-hybridized carbons (Fsp3) is 0.625. The SMILES string of the molecule is CC1CC(C)CC(Nc2ccccc2OCC(F)(F)F)C1. The van der Waals surface area contributed by atoms with Gasteiger partial charge in [0, 0.05) is 6.04 Å². The summed E-state index contributed by atoms with van der Waals surface area (Å²) in [7, 11) is 0. The molecule has 118 valence electrons. The number of anilines is 1. The Morgan fingerprint density at radius 3 is 2.33 bits per heavy atom. The quantitative estimate of drug-likeness (QED) is 0.857. The highest BCUT2D eigenvalue weighted by atomic mass is 19.4. The highest BCUT2D eigenvalue weighted by Gasteiger charge is 2.29. The van der Waals surface area contributed by atoms with Gasteiger partial charge in [0.05, 0.1) is 5.69 Å². The maximum Gasteiger partial charge on any atom is 0.422 e. The zero-order valence-corrected chi connectivity index (χ0v) is 12.4. The second-order valence-electron chi connectivity index (χ2n) is 6.16. The van der Waals surface area contributed by atoms with Crippen LogP contribution in [-0.4, -0.2) is 18.8 Å². The van der Waals surface area contributed by atoms with Crippen molar-refractivity contribution in [1.82, 2.24) is 0 Å². The van der Waals surface area contributed by atoms with Crippen LogP contribution in [0.25, 0.3) is 0 Å². The first-order chi connectivity index (χ1) is 9.83. The summed E-state index contributed by atoms with van der Waals surface area (Å²) in [6, 6.07) is 7.13. The van der Waals surface area contributed by atoms with E-state index < -0.39 is 12.8 Å². The van der Waals surface area contributed by atoms with Gasteiger partial charge >= 0.3 is 6.18 Å². The minimum Gasteiger partial charge on any atom is -0.482 e. The molecule has 0 saturated heterocycles. The molecule has 21 heavy (non-hydrogen) atoms. The molecule has 0 heterocycles. The molecule has 1 N–H and O–H groups in total. The van der Waals surface area contributed by atoms with Crippen LogP contribution < -0.4 is 10.1 Å². The van der Waals surface area contributed by atoms with Crippen LogP contribution in [0.15, 0.2) is 24.3 Å². The van der Waals surface area contributed by atoms with Crippen molar-refractivity contribution >= 4 is 5.69 Å². The molecule has 1 aromatic carbocycles. The van der Waals surface area contributed by atoms with Gasteiger partial charge in [-0.3, -0.25) is 0 Å². The summed E-state index contributed by atoms with van der Waals surface area (Å²) in [4.78, 5) is 0. The van der Waals surface area contributed by atoms with Gasteiger partial charge in [-0.1, -0.05) is 26.0 Å². The predicted molar refractivity (Wildman–Crippen MR) is 77.6 cm³/mol. The molecule has 0 bridgehead atoms. The molecule has 2 nitrogen and oxygen atoms in total. The molecule has 2 rings (SSSR count). The molecule has 0 aliphatic heterocycles. The smallest absolute Gasteiger partial charge is 0.422 e. The van der Waals surface area contributed by atoms with Crippen molar-refractivity contribution in [1.29, 1.82) is 0 Å². The van der Waals surface area contributed by atoms with E-state index >= 15 is 0 Å². The van der Waals surface area contributed by atoms with E-state index in [0.29, 0.717) is 23.6 Å². The summed E-state index contributed by atoms with van der Waals surface area (Å²) in [6.45, 7) is 3.18. The van der Waals surface area contributed by atoms with Gasteiger partial charge in [0.15, 0.2) is 6.61 Å². The molecule has 0 aromatic heterocycles. The van der Waals surface area contributed by atoms with Crippen LogP contribution in [0.1, 0.15) is 33.1 Å². The Hall–Kier alpha value is -1.39. The van der Waals surface area contributed by atoms with Crippen molar-refractivity contribution in [2.24, 2.45) is 11.8 Å². The summed E-state index contributed by atoms with van der Waals surface area (Å²) in [5.41, 5.74) is 0.646. The highest BCUT2D eigenvalue weighted by Crippen LogP contribution is 2.33. The van der Waals surface area contributed by atoms with Crippen LogP contribution >= 0.6 is 0 Å². The third kappa shape index (κ3) is 5.14. The largest absolute Gasteiger partial charge is 0.482 e. The van der Waals surface area contributed by atoms with Crippen molar-refractivity contribution in [3.05, 3.63) is 24.3 Å². The van der Waals surface area contributed by atoms with Crippen molar-refractivity contribution in [3.8, 4) is 5.75 Å². The summed E-state index contributed by atoms with van der Waals surface area (Å²) in [6.07, 6.45) is -1.03. The highest BCUT2D eigenvalue weighted by molar-refractivity contribution is 5.56. The number of nitrogens with one attached hydrogen (secondary N) is 1. The Morgan fingerprint density at radius 2 is 1.71 bits per heavy atom. The van der Waals surface area contributed by atoms with Crippen molar-refractivity contribution in [3.63, 3.8) is 0 Å². The lowest BCUT2D eigenvalue weighted by atomic mass is 9.80. The zero-order chi connectivity index (χ0) is 15.5. The van der Waals surface area contributed by atoms with Gasteiger partial charge in [0.25, 0.3) is 0 Å². The number of rotatable bonds is 4. The van der Waals surface area contributed by atoms with E-state index in [4.69, 9.17) is 4.74 Å². The first-order valence-corrected chi connectivity index (χ1v) is 7.38. The third-order valence-corrected chi connectivity index (χ3v) is 3.82. The van der Waals surface area contributed by atoms with Crippen LogP contribution in [0, 0.1) is 11.8 Å². The maximum absolute atomic E-state index is 12.3. The van der Waals surface area contributed by atoms with Gasteiger partial charge < -0.3 is 10.1 Å². The van der Waals surface area contributed by atoms with Gasteiger partial charge in [0.2, 0.25) is 0 Å². The first kappa shape index (κ1) is 16.0.